The van der Waals surface area contributed by atoms with Crippen LogP contribution in [-0.4, -0.2) is 144 Å². The Hall–Kier alpha value is -10.0. The molecule has 3 aliphatic carbocycles. The molecule has 3 aliphatic heterocycles. The van der Waals surface area contributed by atoms with E-state index in [1.165, 1.54) is 123 Å². The van der Waals surface area contributed by atoms with E-state index in [1.807, 2.05) is 0 Å². The summed E-state index contributed by atoms with van der Waals surface area (Å²) in [6.07, 6.45) is 16.9. The highest BCUT2D eigenvalue weighted by molar-refractivity contribution is 6.32. The molecule has 6 aliphatic rings. The Balaban J connectivity index is 0.000000137. The average molecular weight is 1790 g/mol. The van der Waals surface area contributed by atoms with Gasteiger partial charge >= 0.3 is 0 Å². The van der Waals surface area contributed by atoms with Gasteiger partial charge in [0.05, 0.1) is 140 Å². The van der Waals surface area contributed by atoms with Crippen LogP contribution < -0.4 is 0 Å². The van der Waals surface area contributed by atoms with E-state index in [-0.39, 0.29) is 89.5 Å². The molecular weight excluding hydrogens is 1710 g/mol. The van der Waals surface area contributed by atoms with Crippen LogP contribution in [0, 0.1) is 17.5 Å². The van der Waals surface area contributed by atoms with Crippen molar-refractivity contribution in [1.82, 2.24) is 59.0 Å². The minimum absolute atomic E-state index is 0.0197. The molecule has 3 saturated carbocycles. The minimum Gasteiger partial charge on any atom is -0.387 e. The van der Waals surface area contributed by atoms with Crippen LogP contribution in [-0.2, 0) is 89.0 Å². The summed E-state index contributed by atoms with van der Waals surface area (Å²) in [5, 5.41) is 81.7. The highest BCUT2D eigenvalue weighted by Crippen LogP contribution is 2.55. The fourth-order valence-electron chi connectivity index (χ4n) is 15.7. The summed E-state index contributed by atoms with van der Waals surface area (Å²) in [4.78, 5) is 60.1. The molecular formula is C90H81Cl6F3N12O12. The number of aromatic nitrogens is 9. The maximum atomic E-state index is 16.5. The normalized spacial score (nSPS) is 20.7. The summed E-state index contributed by atoms with van der Waals surface area (Å²) < 4.78 is 73.6. The standard InChI is InChI=1S/3C30H27Cl2FN4O4/c3*1-28(39,20-13-35-36(2)15-20)19-11-24-26(25(33)12-19)30(41-17-29(40)9-10-29,18-3-5-21(31)6-4-18)37(27(24)38)16-23-8-7-22(32)14-34-23/h3*3-8,11-15,39-40H,9-10,16-17H2,1-2H3/t28?,30-;28-,30+;28-,30-/m101/s1. The van der Waals surface area contributed by atoms with Crippen molar-refractivity contribution >= 4 is 87.3 Å². The van der Waals surface area contributed by atoms with Crippen LogP contribution in [0.15, 0.2) is 201 Å². The van der Waals surface area contributed by atoms with E-state index < -0.39 is 86.0 Å². The number of nitrogens with zero attached hydrogens (tertiary/aromatic N) is 12. The summed E-state index contributed by atoms with van der Waals surface area (Å²) in [6, 6.07) is 37.9. The van der Waals surface area contributed by atoms with Gasteiger partial charge in [0.1, 0.15) is 34.3 Å². The van der Waals surface area contributed by atoms with Crippen molar-refractivity contribution in [2.45, 2.75) is 130 Å². The lowest BCUT2D eigenvalue weighted by molar-refractivity contribution is -0.139. The zero-order valence-electron chi connectivity index (χ0n) is 66.9. The molecule has 6 N–H and O–H groups in total. The molecule has 9 heterocycles. The Morgan fingerprint density at radius 2 is 0.593 bits per heavy atom. The number of benzene rings is 6. The number of halogens is 9. The van der Waals surface area contributed by atoms with E-state index in [1.54, 1.807) is 149 Å². The van der Waals surface area contributed by atoms with Gasteiger partial charge in [0.2, 0.25) is 0 Å². The summed E-state index contributed by atoms with van der Waals surface area (Å²) in [5.74, 6) is -3.84. The van der Waals surface area contributed by atoms with Gasteiger partial charge in [-0.25, -0.2) is 13.2 Å². The Labute approximate surface area is 734 Å². The summed E-state index contributed by atoms with van der Waals surface area (Å²) >= 11 is 36.8. The summed E-state index contributed by atoms with van der Waals surface area (Å²) in [5.41, 5.74) is -8.83. The van der Waals surface area contributed by atoms with Crippen LogP contribution >= 0.6 is 69.6 Å². The lowest BCUT2D eigenvalue weighted by Crippen LogP contribution is -2.48. The molecule has 0 radical (unpaired) electrons. The van der Waals surface area contributed by atoms with Gasteiger partial charge in [0, 0.05) is 107 Å². The van der Waals surface area contributed by atoms with E-state index >= 15 is 13.2 Å². The number of rotatable bonds is 24. The lowest BCUT2D eigenvalue weighted by Gasteiger charge is -2.40. The van der Waals surface area contributed by atoms with E-state index in [4.69, 9.17) is 83.8 Å². The zero-order chi connectivity index (χ0) is 87.5. The van der Waals surface area contributed by atoms with Crippen LogP contribution in [0.2, 0.25) is 30.1 Å². The van der Waals surface area contributed by atoms with Gasteiger partial charge in [-0.05, 0) is 185 Å². The first-order chi connectivity index (χ1) is 58.3. The molecule has 12 aromatic rings. The van der Waals surface area contributed by atoms with E-state index in [2.05, 4.69) is 30.2 Å². The van der Waals surface area contributed by atoms with Gasteiger partial charge in [-0.2, -0.15) is 15.3 Å². The molecule has 6 atom stereocenters. The van der Waals surface area contributed by atoms with Gasteiger partial charge in [0.25, 0.3) is 17.7 Å². The molecule has 6 aromatic carbocycles. The molecule has 33 heteroatoms. The van der Waals surface area contributed by atoms with Crippen molar-refractivity contribution in [3.63, 3.8) is 0 Å². The third kappa shape index (κ3) is 16.4. The van der Waals surface area contributed by atoms with E-state index in [0.29, 0.717) is 119 Å². The molecule has 3 fully saturated rings. The minimum atomic E-state index is -1.76. The fraction of sp³-hybridized carbons (Fsp3) is 0.300. The Kier molecular flexibility index (Phi) is 22.9. The maximum absolute atomic E-state index is 16.5. The third-order valence-electron chi connectivity index (χ3n) is 23.5. The van der Waals surface area contributed by atoms with E-state index in [0.717, 1.165) is 0 Å². The number of ether oxygens (including phenoxy) is 3. The second-order valence-corrected chi connectivity index (χ2v) is 35.3. The SMILES string of the molecule is Cn1cc(C(C)(O)c2cc(F)c3c(c2)C(=O)N(Cc2ccc(Cl)cn2)[C@@]3(OCC2(O)CC2)c2ccc(Cl)cc2)cn1.Cn1cc([C@@](C)(O)c2cc(F)c3c(c2)C(=O)N(Cc2ccc(Cl)cn2)[C@@]3(OCC2(O)CC2)c2ccc(Cl)cc2)cn1.Cn1cc([C@](C)(O)c2cc(F)c3c(c2)C(=O)N(Cc2ccc(Cl)cn2)[C@@]3(OCC2(O)CC2)c2ccc(Cl)cc2)cn1. The predicted molar refractivity (Wildman–Crippen MR) is 449 cm³/mol. The molecule has 123 heavy (non-hydrogen) atoms. The highest BCUT2D eigenvalue weighted by atomic mass is 35.5. The molecule has 0 spiro atoms. The highest BCUT2D eigenvalue weighted by Gasteiger charge is 2.61. The summed E-state index contributed by atoms with van der Waals surface area (Å²) in [6.45, 7) is 3.98. The quantitative estimate of drug-likeness (QED) is 0.0327. The van der Waals surface area contributed by atoms with Crippen molar-refractivity contribution in [1.29, 1.82) is 0 Å². The van der Waals surface area contributed by atoms with E-state index in [9.17, 15) is 45.0 Å². The van der Waals surface area contributed by atoms with Gasteiger partial charge < -0.3 is 44.8 Å². The number of aliphatic hydroxyl groups is 6. The number of pyridine rings is 3. The predicted octanol–water partition coefficient (Wildman–Crippen LogP) is 14.7. The molecule has 3 amide bonds. The van der Waals surface area contributed by atoms with Crippen LogP contribution in [0.4, 0.5) is 13.2 Å². The monoisotopic (exact) mass is 1790 g/mol. The lowest BCUT2D eigenvalue weighted by atomic mass is 9.85. The van der Waals surface area contributed by atoms with Crippen LogP contribution in [0.3, 0.4) is 0 Å². The average Bonchev–Trinajstić information content (AvgIpc) is 1.56. The summed E-state index contributed by atoms with van der Waals surface area (Å²) in [7, 11) is 5.13. The largest absolute Gasteiger partial charge is 0.387 e. The molecule has 0 saturated heterocycles. The Bertz CT molecular complexity index is 5490. The molecule has 1 unspecified atom stereocenters. The second kappa shape index (κ2) is 32.5. The number of fused-ring (bicyclic) bond motifs is 3. The van der Waals surface area contributed by atoms with Gasteiger partial charge in [-0.1, -0.05) is 106 Å². The van der Waals surface area contributed by atoms with Crippen molar-refractivity contribution in [3.05, 3.63) is 349 Å². The molecule has 6 aromatic heterocycles. The first-order valence-corrected chi connectivity index (χ1v) is 41.4. The molecule has 636 valence electrons. The first-order valence-electron chi connectivity index (χ1n) is 39.1. The number of carbonyl (C=O) groups excluding carboxylic acids is 3. The van der Waals surface area contributed by atoms with Crippen molar-refractivity contribution in [2.75, 3.05) is 19.8 Å². The smallest absolute Gasteiger partial charge is 0.257 e. The maximum Gasteiger partial charge on any atom is 0.257 e. The number of hydrogen-bond donors (Lipinski definition) is 6. The van der Waals surface area contributed by atoms with Crippen molar-refractivity contribution < 1.29 is 72.4 Å². The molecule has 18 rings (SSSR count). The number of carbonyl (C=O) groups is 3. The zero-order valence-corrected chi connectivity index (χ0v) is 71.5. The molecule has 0 bridgehead atoms. The van der Waals surface area contributed by atoms with Crippen LogP contribution in [0.25, 0.3) is 0 Å². The van der Waals surface area contributed by atoms with Gasteiger partial charge in [-0.3, -0.25) is 58.1 Å². The fourth-order valence-corrected chi connectivity index (χ4v) is 16.4. The van der Waals surface area contributed by atoms with Gasteiger partial charge in [-0.15, -0.1) is 0 Å². The Morgan fingerprint density at radius 1 is 0.358 bits per heavy atom. The third-order valence-corrected chi connectivity index (χ3v) is 24.9. The first kappa shape index (κ1) is 86.5. The van der Waals surface area contributed by atoms with Crippen LogP contribution in [0.1, 0.15) is 174 Å². The Morgan fingerprint density at radius 3 is 0.797 bits per heavy atom. The molecule has 24 nitrogen and oxygen atoms in total. The van der Waals surface area contributed by atoms with Crippen molar-refractivity contribution in [2.24, 2.45) is 21.1 Å². The number of hydrogen-bond acceptors (Lipinski definition) is 18. The van der Waals surface area contributed by atoms with Crippen LogP contribution in [0.5, 0.6) is 0 Å². The second-order valence-electron chi connectivity index (χ2n) is 32.6. The number of aryl methyl sites for hydroxylation is 3. The van der Waals surface area contributed by atoms with Gasteiger partial charge in [0.15, 0.2) is 17.2 Å². The number of amides is 3. The van der Waals surface area contributed by atoms with Crippen molar-refractivity contribution in [3.8, 4) is 0 Å². The topological polar surface area (TPSA) is 302 Å².